The van der Waals surface area contributed by atoms with Crippen LogP contribution in [0.4, 0.5) is 0 Å². The molecular formula is C20H25NO4S. The first-order valence-electron chi connectivity index (χ1n) is 8.92. The maximum absolute atomic E-state index is 13.2. The number of thiophene rings is 1. The lowest BCUT2D eigenvalue weighted by atomic mass is 9.73. The Balaban J connectivity index is 1.73. The third-order valence-corrected chi connectivity index (χ3v) is 5.58. The summed E-state index contributed by atoms with van der Waals surface area (Å²) in [7, 11) is 0. The molecule has 2 aromatic rings. The van der Waals surface area contributed by atoms with Gasteiger partial charge in [0.15, 0.2) is 0 Å². The molecule has 1 fully saturated rings. The molecule has 1 atom stereocenters. The number of hydrogen-bond donors (Lipinski definition) is 2. The van der Waals surface area contributed by atoms with Crippen LogP contribution in [-0.2, 0) is 19.7 Å². The Labute approximate surface area is 158 Å². The van der Waals surface area contributed by atoms with Gasteiger partial charge < -0.3 is 19.9 Å². The third-order valence-electron chi connectivity index (χ3n) is 4.88. The van der Waals surface area contributed by atoms with Gasteiger partial charge in [-0.3, -0.25) is 4.79 Å². The van der Waals surface area contributed by atoms with E-state index in [-0.39, 0.29) is 25.2 Å². The average Bonchev–Trinajstić information content (AvgIpc) is 3.23. The molecule has 0 radical (unpaired) electrons. The van der Waals surface area contributed by atoms with Crippen LogP contribution in [-0.4, -0.2) is 44.0 Å². The molecule has 1 aromatic heterocycles. The fourth-order valence-electron chi connectivity index (χ4n) is 3.40. The first-order valence-corrected chi connectivity index (χ1v) is 9.87. The van der Waals surface area contributed by atoms with Gasteiger partial charge in [0, 0.05) is 19.8 Å². The van der Waals surface area contributed by atoms with Crippen LogP contribution >= 0.6 is 11.3 Å². The minimum atomic E-state index is -0.560. The summed E-state index contributed by atoms with van der Waals surface area (Å²) in [6, 6.07) is 11.9. The van der Waals surface area contributed by atoms with Crippen molar-refractivity contribution in [2.24, 2.45) is 0 Å². The second-order valence-corrected chi connectivity index (χ2v) is 7.19. The second-order valence-electron chi connectivity index (χ2n) is 6.41. The number of aliphatic hydroxyl groups excluding tert-OH is 1. The SMILES string of the molecule is O=C(NC[C@@H](OCCO)c1ccsc1)C1(c2ccccc2)CCOCC1. The molecule has 2 N–H and O–H groups in total. The fraction of sp³-hybridized carbons (Fsp3) is 0.450. The highest BCUT2D eigenvalue weighted by Gasteiger charge is 2.41. The van der Waals surface area contributed by atoms with Crippen molar-refractivity contribution < 1.29 is 19.4 Å². The quantitative estimate of drug-likeness (QED) is 0.744. The molecule has 1 amide bonds. The van der Waals surface area contributed by atoms with Gasteiger partial charge in [0.1, 0.15) is 6.10 Å². The summed E-state index contributed by atoms with van der Waals surface area (Å²) in [5.74, 6) is 0.0137. The van der Waals surface area contributed by atoms with Crippen molar-refractivity contribution in [3.63, 3.8) is 0 Å². The second kappa shape index (κ2) is 9.28. The summed E-state index contributed by atoms with van der Waals surface area (Å²) in [6.07, 6.45) is 1.08. The normalized spacial score (nSPS) is 17.6. The van der Waals surface area contributed by atoms with Crippen LogP contribution in [0.15, 0.2) is 47.2 Å². The van der Waals surface area contributed by atoms with Crippen LogP contribution in [0.3, 0.4) is 0 Å². The van der Waals surface area contributed by atoms with Gasteiger partial charge in [0.05, 0.1) is 18.6 Å². The van der Waals surface area contributed by atoms with Crippen LogP contribution in [0, 0.1) is 0 Å². The predicted octanol–water partition coefficient (Wildman–Crippen LogP) is 2.66. The molecule has 1 saturated heterocycles. The first kappa shape index (κ1) is 19.0. The Morgan fingerprint density at radius 1 is 1.27 bits per heavy atom. The Morgan fingerprint density at radius 3 is 2.69 bits per heavy atom. The monoisotopic (exact) mass is 375 g/mol. The molecule has 0 saturated carbocycles. The van der Waals surface area contributed by atoms with Gasteiger partial charge in [-0.05, 0) is 40.8 Å². The highest BCUT2D eigenvalue weighted by atomic mass is 32.1. The van der Waals surface area contributed by atoms with E-state index >= 15 is 0 Å². The van der Waals surface area contributed by atoms with E-state index in [0.717, 1.165) is 11.1 Å². The predicted molar refractivity (Wildman–Crippen MR) is 101 cm³/mol. The number of carbonyl (C=O) groups is 1. The lowest BCUT2D eigenvalue weighted by Crippen LogP contribution is -2.49. The van der Waals surface area contributed by atoms with Crippen molar-refractivity contribution >= 4 is 17.2 Å². The van der Waals surface area contributed by atoms with E-state index < -0.39 is 5.41 Å². The molecule has 5 nitrogen and oxygen atoms in total. The number of rotatable bonds is 8. The molecule has 3 rings (SSSR count). The number of carbonyl (C=O) groups excluding carboxylic acids is 1. The van der Waals surface area contributed by atoms with Gasteiger partial charge in [-0.1, -0.05) is 30.3 Å². The zero-order valence-electron chi connectivity index (χ0n) is 14.7. The van der Waals surface area contributed by atoms with Crippen molar-refractivity contribution in [2.45, 2.75) is 24.4 Å². The van der Waals surface area contributed by atoms with Crippen LogP contribution in [0.2, 0.25) is 0 Å². The number of hydrogen-bond acceptors (Lipinski definition) is 5. The molecular weight excluding hydrogens is 350 g/mol. The van der Waals surface area contributed by atoms with Crippen LogP contribution < -0.4 is 5.32 Å². The highest BCUT2D eigenvalue weighted by molar-refractivity contribution is 7.07. The molecule has 140 valence electrons. The van der Waals surface area contributed by atoms with Gasteiger partial charge in [-0.2, -0.15) is 11.3 Å². The first-order chi connectivity index (χ1) is 12.8. The van der Waals surface area contributed by atoms with E-state index in [9.17, 15) is 4.79 Å². The topological polar surface area (TPSA) is 67.8 Å². The van der Waals surface area contributed by atoms with E-state index in [1.165, 1.54) is 0 Å². The molecule has 1 aromatic carbocycles. The summed E-state index contributed by atoms with van der Waals surface area (Å²) < 4.78 is 11.2. The molecule has 0 spiro atoms. The standard InChI is InChI=1S/C20H25NO4S/c22-9-12-25-18(16-6-13-26-15-16)14-21-19(23)20(7-10-24-11-8-20)17-4-2-1-3-5-17/h1-6,13,15,18,22H,7-12,14H2,(H,21,23)/t18-/m1/s1. The molecule has 26 heavy (non-hydrogen) atoms. The highest BCUT2D eigenvalue weighted by Crippen LogP contribution is 2.35. The minimum absolute atomic E-state index is 0.0137. The Bertz CT molecular complexity index is 668. The maximum Gasteiger partial charge on any atom is 0.230 e. The van der Waals surface area contributed by atoms with Crippen molar-refractivity contribution in [2.75, 3.05) is 33.0 Å². The van der Waals surface area contributed by atoms with Gasteiger partial charge in [-0.25, -0.2) is 0 Å². The van der Waals surface area contributed by atoms with Gasteiger partial charge >= 0.3 is 0 Å². The number of ether oxygens (including phenoxy) is 2. The largest absolute Gasteiger partial charge is 0.394 e. The molecule has 6 heteroatoms. The number of nitrogens with one attached hydrogen (secondary N) is 1. The van der Waals surface area contributed by atoms with E-state index in [4.69, 9.17) is 14.6 Å². The van der Waals surface area contributed by atoms with E-state index in [0.29, 0.717) is 32.6 Å². The smallest absolute Gasteiger partial charge is 0.230 e. The Hall–Kier alpha value is -1.73. The van der Waals surface area contributed by atoms with Crippen molar-refractivity contribution in [1.82, 2.24) is 5.32 Å². The molecule has 0 unspecified atom stereocenters. The van der Waals surface area contributed by atoms with Crippen LogP contribution in [0.1, 0.15) is 30.1 Å². The number of amides is 1. The Kier molecular flexibility index (Phi) is 6.80. The molecule has 1 aliphatic rings. The Morgan fingerprint density at radius 2 is 2.04 bits per heavy atom. The zero-order valence-corrected chi connectivity index (χ0v) is 15.5. The number of benzene rings is 1. The lowest BCUT2D eigenvalue weighted by Gasteiger charge is -2.36. The van der Waals surface area contributed by atoms with Crippen LogP contribution in [0.5, 0.6) is 0 Å². The minimum Gasteiger partial charge on any atom is -0.394 e. The fourth-order valence-corrected chi connectivity index (χ4v) is 4.11. The van der Waals surface area contributed by atoms with E-state index in [2.05, 4.69) is 5.32 Å². The van der Waals surface area contributed by atoms with Crippen molar-refractivity contribution in [3.05, 3.63) is 58.3 Å². The van der Waals surface area contributed by atoms with Crippen LogP contribution in [0.25, 0.3) is 0 Å². The maximum atomic E-state index is 13.2. The van der Waals surface area contributed by atoms with E-state index in [1.54, 1.807) is 11.3 Å². The third kappa shape index (κ3) is 4.32. The summed E-state index contributed by atoms with van der Waals surface area (Å²) >= 11 is 1.59. The lowest BCUT2D eigenvalue weighted by molar-refractivity contribution is -0.131. The number of aliphatic hydroxyl groups is 1. The van der Waals surface area contributed by atoms with E-state index in [1.807, 2.05) is 47.2 Å². The van der Waals surface area contributed by atoms with Crippen molar-refractivity contribution in [1.29, 1.82) is 0 Å². The summed E-state index contributed by atoms with van der Waals surface area (Å²) in [5, 5.41) is 16.1. The van der Waals surface area contributed by atoms with Gasteiger partial charge in [0.2, 0.25) is 5.91 Å². The van der Waals surface area contributed by atoms with Gasteiger partial charge in [0.25, 0.3) is 0 Å². The molecule has 2 heterocycles. The van der Waals surface area contributed by atoms with Crippen molar-refractivity contribution in [3.8, 4) is 0 Å². The average molecular weight is 375 g/mol. The summed E-state index contributed by atoms with van der Waals surface area (Å²) in [5.41, 5.74) is 1.49. The van der Waals surface area contributed by atoms with Gasteiger partial charge in [-0.15, -0.1) is 0 Å². The molecule has 0 aliphatic carbocycles. The zero-order chi connectivity index (χ0) is 18.2. The summed E-state index contributed by atoms with van der Waals surface area (Å²) in [4.78, 5) is 13.2. The molecule has 0 bridgehead atoms. The summed E-state index contributed by atoms with van der Waals surface area (Å²) in [6.45, 7) is 1.74. The molecule has 1 aliphatic heterocycles.